The van der Waals surface area contributed by atoms with Gasteiger partial charge in [-0.1, -0.05) is 49.1 Å². The van der Waals surface area contributed by atoms with Gasteiger partial charge in [0.2, 0.25) is 0 Å². The number of imidazole rings is 1. The Morgan fingerprint density at radius 1 is 1.13 bits per heavy atom. The molecule has 0 bridgehead atoms. The van der Waals surface area contributed by atoms with Gasteiger partial charge >= 0.3 is 5.97 Å². The topological polar surface area (TPSA) is 61.1 Å². The van der Waals surface area contributed by atoms with Gasteiger partial charge in [-0.3, -0.25) is 9.69 Å². The minimum atomic E-state index is -0.661. The Kier molecular flexibility index (Phi) is 7.47. The van der Waals surface area contributed by atoms with Gasteiger partial charge in [0.15, 0.2) is 0 Å². The van der Waals surface area contributed by atoms with E-state index >= 15 is 0 Å². The lowest BCUT2D eigenvalue weighted by Crippen LogP contribution is -2.43. The lowest BCUT2D eigenvalue weighted by atomic mass is 9.80. The van der Waals surface area contributed by atoms with Crippen LogP contribution in [-0.4, -0.2) is 69.0 Å². The first kappa shape index (κ1) is 26.5. The van der Waals surface area contributed by atoms with Crippen LogP contribution in [0.1, 0.15) is 72.7 Å². The van der Waals surface area contributed by atoms with Gasteiger partial charge in [-0.05, 0) is 75.2 Å². The Balaban J connectivity index is 1.15. The minimum absolute atomic E-state index is 0.191. The van der Waals surface area contributed by atoms with Crippen molar-refractivity contribution in [3.05, 3.63) is 70.9 Å². The smallest absolute Gasteiger partial charge is 0.320 e. The zero-order valence-corrected chi connectivity index (χ0v) is 23.2. The van der Waals surface area contributed by atoms with E-state index in [2.05, 4.69) is 46.0 Å². The Bertz CT molecular complexity index is 1330. The van der Waals surface area contributed by atoms with Gasteiger partial charge in [0.25, 0.3) is 0 Å². The number of pyridine rings is 1. The van der Waals surface area contributed by atoms with Crippen molar-refractivity contribution in [2.24, 2.45) is 11.8 Å². The Labute approximate surface area is 230 Å². The molecule has 3 aromatic rings. The van der Waals surface area contributed by atoms with Crippen molar-refractivity contribution in [1.82, 2.24) is 19.2 Å². The number of carboxylic acid groups (broad SMARTS) is 1. The Morgan fingerprint density at radius 2 is 1.92 bits per heavy atom. The first-order chi connectivity index (χ1) is 18.9. The fourth-order valence-electron chi connectivity index (χ4n) is 7.23. The third-order valence-electron chi connectivity index (χ3n) is 9.76. The van der Waals surface area contributed by atoms with Crippen LogP contribution in [0, 0.1) is 31.5 Å². The number of hydrogen-bond donors (Lipinski definition) is 1. The second kappa shape index (κ2) is 11.0. The number of halogens is 1. The number of hydrogen-bond acceptors (Lipinski definition) is 4. The summed E-state index contributed by atoms with van der Waals surface area (Å²) in [5.74, 6) is 0.828. The highest BCUT2D eigenvalue weighted by molar-refractivity contribution is 5.73. The summed E-state index contributed by atoms with van der Waals surface area (Å²) in [5.41, 5.74) is 5.14. The Hall–Kier alpha value is -2.77. The molecule has 3 unspecified atom stereocenters. The summed E-state index contributed by atoms with van der Waals surface area (Å²) in [6.07, 6.45) is 9.93. The predicted molar refractivity (Wildman–Crippen MR) is 151 cm³/mol. The summed E-state index contributed by atoms with van der Waals surface area (Å²) in [5, 5.41) is 10.2. The molecule has 3 fully saturated rings. The fraction of sp³-hybridized carbons (Fsp3) is 0.562. The zero-order chi connectivity index (χ0) is 27.1. The third kappa shape index (κ3) is 5.48. The van der Waals surface area contributed by atoms with Crippen LogP contribution < -0.4 is 0 Å². The standard InChI is InChI=1S/C32H41FN4O2/c1-21-5-3-8-25(13-21)27-19-36(29(32(38)39)15-23-6-4-7-23)18-26(27)17-35-11-9-24(10-12-35)30-16-34-31-14-22(2)28(33)20-37(30)31/h3,5,8,13-14,16,20,23-24,26-27,29H,4,6-7,9-12,15,17-19H2,1-2H3,(H,38,39). The summed E-state index contributed by atoms with van der Waals surface area (Å²) >= 11 is 0. The summed E-state index contributed by atoms with van der Waals surface area (Å²) < 4.78 is 16.2. The number of rotatable bonds is 8. The zero-order valence-electron chi connectivity index (χ0n) is 23.2. The number of likely N-dealkylation sites (tertiary alicyclic amines) is 2. The molecule has 3 aliphatic rings. The lowest BCUT2D eigenvalue weighted by molar-refractivity contribution is -0.144. The number of carboxylic acids is 1. The summed E-state index contributed by atoms with van der Waals surface area (Å²) in [4.78, 5) is 21.8. The Morgan fingerprint density at radius 3 is 2.62 bits per heavy atom. The molecular formula is C32H41FN4O2. The van der Waals surface area contributed by atoms with Crippen molar-refractivity contribution in [1.29, 1.82) is 0 Å². The molecule has 2 aliphatic heterocycles. The highest BCUT2D eigenvalue weighted by Gasteiger charge is 2.41. The molecule has 3 atom stereocenters. The van der Waals surface area contributed by atoms with Crippen LogP contribution in [0.4, 0.5) is 4.39 Å². The summed E-state index contributed by atoms with van der Waals surface area (Å²) in [6.45, 7) is 8.55. The normalized spacial score (nSPS) is 24.3. The van der Waals surface area contributed by atoms with Crippen LogP contribution >= 0.6 is 0 Å². The number of carbonyl (C=O) groups is 1. The maximum absolute atomic E-state index is 14.3. The highest BCUT2D eigenvalue weighted by atomic mass is 19.1. The van der Waals surface area contributed by atoms with Crippen LogP contribution in [0.2, 0.25) is 0 Å². The van der Waals surface area contributed by atoms with Gasteiger partial charge in [0, 0.05) is 49.6 Å². The number of aromatic nitrogens is 2. The molecule has 2 saturated heterocycles. The second-order valence-corrected chi connectivity index (χ2v) is 12.4. The number of piperidine rings is 1. The molecule has 4 heterocycles. The largest absolute Gasteiger partial charge is 0.480 e. The predicted octanol–water partition coefficient (Wildman–Crippen LogP) is 5.63. The van der Waals surface area contributed by atoms with Crippen LogP contribution in [0.5, 0.6) is 0 Å². The van der Waals surface area contributed by atoms with Crippen molar-refractivity contribution in [3.8, 4) is 0 Å². The molecule has 39 heavy (non-hydrogen) atoms. The van der Waals surface area contributed by atoms with E-state index in [0.717, 1.165) is 63.3 Å². The number of fused-ring (bicyclic) bond motifs is 1. The van der Waals surface area contributed by atoms with Crippen molar-refractivity contribution in [2.45, 2.75) is 70.3 Å². The summed E-state index contributed by atoms with van der Waals surface area (Å²) in [6, 6.07) is 10.2. The van der Waals surface area contributed by atoms with E-state index < -0.39 is 5.97 Å². The SMILES string of the molecule is Cc1cccc(C2CN(C(CC3CCC3)C(=O)O)CC2CN2CCC(c3cnc4cc(C)c(F)cn34)CC2)c1. The molecule has 1 N–H and O–H groups in total. The monoisotopic (exact) mass is 532 g/mol. The van der Waals surface area contributed by atoms with Crippen molar-refractivity contribution >= 4 is 11.6 Å². The molecule has 1 aromatic carbocycles. The maximum Gasteiger partial charge on any atom is 0.320 e. The van der Waals surface area contributed by atoms with Gasteiger partial charge < -0.3 is 14.4 Å². The van der Waals surface area contributed by atoms with Crippen LogP contribution in [-0.2, 0) is 4.79 Å². The molecule has 6 rings (SSSR count). The average molecular weight is 533 g/mol. The number of benzene rings is 1. The van der Waals surface area contributed by atoms with Crippen molar-refractivity contribution in [3.63, 3.8) is 0 Å². The van der Waals surface area contributed by atoms with E-state index in [9.17, 15) is 14.3 Å². The molecule has 1 aliphatic carbocycles. The number of aryl methyl sites for hydroxylation is 2. The molecule has 2 aromatic heterocycles. The van der Waals surface area contributed by atoms with Gasteiger partial charge in [-0.25, -0.2) is 9.37 Å². The third-order valence-corrected chi connectivity index (χ3v) is 9.76. The molecule has 0 radical (unpaired) electrons. The summed E-state index contributed by atoms with van der Waals surface area (Å²) in [7, 11) is 0. The van der Waals surface area contributed by atoms with E-state index in [1.807, 2.05) is 16.7 Å². The molecule has 0 spiro atoms. The van der Waals surface area contributed by atoms with E-state index in [1.54, 1.807) is 13.1 Å². The quantitative estimate of drug-likeness (QED) is 0.408. The molecule has 6 nitrogen and oxygen atoms in total. The molecule has 0 amide bonds. The van der Waals surface area contributed by atoms with E-state index in [0.29, 0.717) is 29.2 Å². The maximum atomic E-state index is 14.3. The van der Waals surface area contributed by atoms with Crippen LogP contribution in [0.15, 0.2) is 42.7 Å². The minimum Gasteiger partial charge on any atom is -0.480 e. The molecule has 1 saturated carbocycles. The molecule has 208 valence electrons. The average Bonchev–Trinajstić information content (AvgIpc) is 3.48. The molecular weight excluding hydrogens is 491 g/mol. The van der Waals surface area contributed by atoms with Gasteiger partial charge in [0.1, 0.15) is 17.5 Å². The van der Waals surface area contributed by atoms with Crippen molar-refractivity contribution < 1.29 is 14.3 Å². The second-order valence-electron chi connectivity index (χ2n) is 12.4. The van der Waals surface area contributed by atoms with Crippen LogP contribution in [0.3, 0.4) is 0 Å². The van der Waals surface area contributed by atoms with Crippen LogP contribution in [0.25, 0.3) is 5.65 Å². The fourth-order valence-corrected chi connectivity index (χ4v) is 7.23. The lowest BCUT2D eigenvalue weighted by Gasteiger charge is -2.35. The number of nitrogens with zero attached hydrogens (tertiary/aromatic N) is 4. The van der Waals surface area contributed by atoms with E-state index in [1.165, 1.54) is 30.4 Å². The van der Waals surface area contributed by atoms with E-state index in [-0.39, 0.29) is 11.9 Å². The van der Waals surface area contributed by atoms with Gasteiger partial charge in [0.05, 0.1) is 0 Å². The molecule has 7 heteroatoms. The first-order valence-corrected chi connectivity index (χ1v) is 14.7. The van der Waals surface area contributed by atoms with Gasteiger partial charge in [-0.2, -0.15) is 0 Å². The number of aliphatic carboxylic acids is 1. The van der Waals surface area contributed by atoms with Crippen molar-refractivity contribution in [2.75, 3.05) is 32.7 Å². The van der Waals surface area contributed by atoms with Gasteiger partial charge in [-0.15, -0.1) is 0 Å². The first-order valence-electron chi connectivity index (χ1n) is 14.7. The highest BCUT2D eigenvalue weighted by Crippen LogP contribution is 2.39. The van der Waals surface area contributed by atoms with E-state index in [4.69, 9.17) is 0 Å².